The van der Waals surface area contributed by atoms with Crippen LogP contribution < -0.4 is 9.47 Å². The molecule has 4 heterocycles. The molecule has 0 fully saturated rings. The molecule has 0 saturated carbocycles. The van der Waals surface area contributed by atoms with E-state index in [0.717, 1.165) is 21.5 Å². The minimum Gasteiger partial charge on any atom is -0.497 e. The molecule has 0 saturated heterocycles. The molecule has 5 rings (SSSR count). The van der Waals surface area contributed by atoms with Gasteiger partial charge in [0.1, 0.15) is 28.7 Å². The number of rotatable bonds is 6. The van der Waals surface area contributed by atoms with Crippen LogP contribution in [0.4, 0.5) is 0 Å². The summed E-state index contributed by atoms with van der Waals surface area (Å²) >= 11 is 1.19. The van der Waals surface area contributed by atoms with Crippen molar-refractivity contribution in [3.05, 3.63) is 64.9 Å². The third-order valence-corrected chi connectivity index (χ3v) is 6.21. The molecule has 0 aliphatic heterocycles. The topological polar surface area (TPSA) is 112 Å². The molecule has 0 atom stereocenters. The van der Waals surface area contributed by atoms with Gasteiger partial charge in [0.25, 0.3) is 0 Å². The molecular formula is C22H17N5O4S. The van der Waals surface area contributed by atoms with Crippen molar-refractivity contribution in [2.45, 2.75) is 13.5 Å². The van der Waals surface area contributed by atoms with Gasteiger partial charge in [-0.25, -0.2) is 4.79 Å². The van der Waals surface area contributed by atoms with E-state index in [2.05, 4.69) is 20.3 Å². The van der Waals surface area contributed by atoms with E-state index in [9.17, 15) is 9.90 Å². The number of thiophene rings is 1. The lowest BCUT2D eigenvalue weighted by Gasteiger charge is -2.09. The number of methoxy groups -OCH3 is 1. The van der Waals surface area contributed by atoms with E-state index >= 15 is 0 Å². The molecule has 4 aromatic heterocycles. The Morgan fingerprint density at radius 3 is 2.81 bits per heavy atom. The Kier molecular flexibility index (Phi) is 4.91. The first-order chi connectivity index (χ1) is 15.5. The maximum Gasteiger partial charge on any atom is 0.346 e. The second-order valence-electron chi connectivity index (χ2n) is 7.01. The molecule has 10 heteroatoms. The molecule has 9 nitrogen and oxygen atoms in total. The first-order valence-electron chi connectivity index (χ1n) is 9.64. The van der Waals surface area contributed by atoms with E-state index in [1.54, 1.807) is 42.9 Å². The lowest BCUT2D eigenvalue weighted by Crippen LogP contribution is -2.04. The van der Waals surface area contributed by atoms with Crippen LogP contribution in [0.15, 0.2) is 48.7 Å². The van der Waals surface area contributed by atoms with Crippen LogP contribution in [-0.2, 0) is 6.61 Å². The van der Waals surface area contributed by atoms with Crippen LogP contribution in [0.2, 0.25) is 0 Å². The zero-order valence-electron chi connectivity index (χ0n) is 17.1. The average Bonchev–Trinajstić information content (AvgIpc) is 3.40. The van der Waals surface area contributed by atoms with E-state index in [4.69, 9.17) is 9.47 Å². The number of carbonyl (C=O) groups is 1. The lowest BCUT2D eigenvalue weighted by atomic mass is 10.2. The molecule has 0 bridgehead atoms. The number of hydrogen-bond acceptors (Lipinski definition) is 8. The summed E-state index contributed by atoms with van der Waals surface area (Å²) in [4.78, 5) is 16.8. The molecule has 1 aromatic carbocycles. The first-order valence-corrected chi connectivity index (χ1v) is 10.5. The van der Waals surface area contributed by atoms with E-state index in [1.165, 1.54) is 11.3 Å². The molecule has 1 N–H and O–H groups in total. The van der Waals surface area contributed by atoms with Crippen molar-refractivity contribution in [3.63, 3.8) is 0 Å². The van der Waals surface area contributed by atoms with Crippen molar-refractivity contribution in [2.75, 3.05) is 7.11 Å². The van der Waals surface area contributed by atoms with Gasteiger partial charge in [0.2, 0.25) is 0 Å². The van der Waals surface area contributed by atoms with Crippen molar-refractivity contribution >= 4 is 33.9 Å². The molecule has 0 aliphatic carbocycles. The number of benzene rings is 1. The minimum absolute atomic E-state index is 0.145. The Bertz CT molecular complexity index is 1480. The SMILES string of the molecule is COc1ccc2c(OCc3nnc4ccc(-c5cc(C)c(C(=O)O)s5)nn34)ccnc2c1. The summed E-state index contributed by atoms with van der Waals surface area (Å²) in [7, 11) is 1.61. The van der Waals surface area contributed by atoms with Crippen molar-refractivity contribution in [3.8, 4) is 22.1 Å². The summed E-state index contributed by atoms with van der Waals surface area (Å²) in [6.07, 6.45) is 1.68. The van der Waals surface area contributed by atoms with Gasteiger partial charge in [-0.05, 0) is 48.9 Å². The Morgan fingerprint density at radius 2 is 2.03 bits per heavy atom. The highest BCUT2D eigenvalue weighted by molar-refractivity contribution is 7.17. The summed E-state index contributed by atoms with van der Waals surface area (Å²) < 4.78 is 12.9. The average molecular weight is 447 g/mol. The number of hydrogen-bond donors (Lipinski definition) is 1. The van der Waals surface area contributed by atoms with E-state index in [-0.39, 0.29) is 6.61 Å². The predicted octanol–water partition coefficient (Wildman–Crippen LogP) is 4.00. The zero-order valence-corrected chi connectivity index (χ0v) is 18.0. The number of pyridine rings is 1. The standard InChI is InChI=1S/C22H17N5O4S/c1-12-9-18(32-21(12)22(28)29)15-5-6-19-24-25-20(27(19)26-15)11-31-17-7-8-23-16-10-13(30-2)3-4-14(16)17/h3-10H,11H2,1-2H3,(H,28,29). The quantitative estimate of drug-likeness (QED) is 0.416. The predicted molar refractivity (Wildman–Crippen MR) is 118 cm³/mol. The first kappa shape index (κ1) is 19.9. The van der Waals surface area contributed by atoms with Gasteiger partial charge in [0.15, 0.2) is 11.5 Å². The molecule has 0 amide bonds. The number of carboxylic acids is 1. The Labute approximate surface area is 185 Å². The highest BCUT2D eigenvalue weighted by Gasteiger charge is 2.16. The highest BCUT2D eigenvalue weighted by Crippen LogP contribution is 2.31. The number of aromatic nitrogens is 5. The van der Waals surface area contributed by atoms with Crippen molar-refractivity contribution in [1.29, 1.82) is 0 Å². The van der Waals surface area contributed by atoms with Gasteiger partial charge in [-0.1, -0.05) is 0 Å². The van der Waals surface area contributed by atoms with Gasteiger partial charge in [-0.15, -0.1) is 21.5 Å². The number of aromatic carboxylic acids is 1. The number of nitrogens with zero attached hydrogens (tertiary/aromatic N) is 5. The molecule has 5 aromatic rings. The third kappa shape index (κ3) is 3.50. The van der Waals surface area contributed by atoms with E-state index in [0.29, 0.717) is 33.4 Å². The summed E-state index contributed by atoms with van der Waals surface area (Å²) in [5.74, 6) is 0.954. The number of carboxylic acid groups (broad SMARTS) is 1. The van der Waals surface area contributed by atoms with Crippen LogP contribution >= 0.6 is 11.3 Å². The maximum absolute atomic E-state index is 11.4. The number of aryl methyl sites for hydroxylation is 1. The van der Waals surface area contributed by atoms with Crippen LogP contribution in [0.25, 0.3) is 27.1 Å². The summed E-state index contributed by atoms with van der Waals surface area (Å²) in [5, 5.41) is 23.2. The highest BCUT2D eigenvalue weighted by atomic mass is 32.1. The van der Waals surface area contributed by atoms with Gasteiger partial charge < -0.3 is 14.6 Å². The smallest absolute Gasteiger partial charge is 0.346 e. The fraction of sp³-hybridized carbons (Fsp3) is 0.136. The molecule has 0 spiro atoms. The van der Waals surface area contributed by atoms with Crippen molar-refractivity contribution < 1.29 is 19.4 Å². The largest absolute Gasteiger partial charge is 0.497 e. The number of ether oxygens (including phenoxy) is 2. The molecule has 0 radical (unpaired) electrons. The van der Waals surface area contributed by atoms with Gasteiger partial charge in [0.05, 0.1) is 17.5 Å². The van der Waals surface area contributed by atoms with Crippen LogP contribution in [-0.4, -0.2) is 43.0 Å². The second-order valence-corrected chi connectivity index (χ2v) is 8.07. The second kappa shape index (κ2) is 7.89. The van der Waals surface area contributed by atoms with Crippen LogP contribution in [0.5, 0.6) is 11.5 Å². The lowest BCUT2D eigenvalue weighted by molar-refractivity contribution is 0.0701. The normalized spacial score (nSPS) is 11.2. The minimum atomic E-state index is -0.944. The van der Waals surface area contributed by atoms with Gasteiger partial charge in [0, 0.05) is 17.6 Å². The van der Waals surface area contributed by atoms with Gasteiger partial charge in [-0.2, -0.15) is 9.61 Å². The monoisotopic (exact) mass is 447 g/mol. The fourth-order valence-corrected chi connectivity index (χ4v) is 4.35. The Balaban J connectivity index is 1.45. The van der Waals surface area contributed by atoms with Crippen LogP contribution in [0.1, 0.15) is 21.1 Å². The maximum atomic E-state index is 11.4. The summed E-state index contributed by atoms with van der Waals surface area (Å²) in [5.41, 5.74) is 2.67. The summed E-state index contributed by atoms with van der Waals surface area (Å²) in [6, 6.07) is 12.8. The van der Waals surface area contributed by atoms with Crippen molar-refractivity contribution in [2.24, 2.45) is 0 Å². The Morgan fingerprint density at radius 1 is 1.16 bits per heavy atom. The van der Waals surface area contributed by atoms with Crippen LogP contribution in [0.3, 0.4) is 0 Å². The molecule has 32 heavy (non-hydrogen) atoms. The molecule has 0 unspecified atom stereocenters. The molecular weight excluding hydrogens is 430 g/mol. The Hall–Kier alpha value is -4.05. The summed E-state index contributed by atoms with van der Waals surface area (Å²) in [6.45, 7) is 1.92. The third-order valence-electron chi connectivity index (χ3n) is 4.96. The van der Waals surface area contributed by atoms with E-state index < -0.39 is 5.97 Å². The van der Waals surface area contributed by atoms with Gasteiger partial charge >= 0.3 is 5.97 Å². The van der Waals surface area contributed by atoms with E-state index in [1.807, 2.05) is 24.3 Å². The molecule has 160 valence electrons. The van der Waals surface area contributed by atoms with Crippen molar-refractivity contribution in [1.82, 2.24) is 24.8 Å². The molecule has 0 aliphatic rings. The van der Waals surface area contributed by atoms with Gasteiger partial charge in [-0.3, -0.25) is 4.98 Å². The number of fused-ring (bicyclic) bond motifs is 2. The zero-order chi connectivity index (χ0) is 22.2. The van der Waals surface area contributed by atoms with Crippen LogP contribution in [0, 0.1) is 6.92 Å². The fourth-order valence-electron chi connectivity index (χ4n) is 3.37.